The van der Waals surface area contributed by atoms with Crippen LogP contribution in [0.25, 0.3) is 0 Å². The summed E-state index contributed by atoms with van der Waals surface area (Å²) in [6.45, 7) is 2.68. The van der Waals surface area contributed by atoms with E-state index in [1.807, 2.05) is 20.2 Å². The van der Waals surface area contributed by atoms with Crippen LogP contribution in [0.1, 0.15) is 23.1 Å². The van der Waals surface area contributed by atoms with Crippen molar-refractivity contribution in [2.75, 3.05) is 24.3 Å². The molecule has 0 unspecified atom stereocenters. The van der Waals surface area contributed by atoms with Gasteiger partial charge in [0.2, 0.25) is 0 Å². The Morgan fingerprint density at radius 3 is 2.29 bits per heavy atom. The van der Waals surface area contributed by atoms with Gasteiger partial charge < -0.3 is 10.2 Å². The lowest BCUT2D eigenvalue weighted by molar-refractivity contribution is 0.151. The van der Waals surface area contributed by atoms with Crippen molar-refractivity contribution in [3.05, 3.63) is 59.2 Å². The quantitative estimate of drug-likeness (QED) is 0.865. The van der Waals surface area contributed by atoms with Crippen LogP contribution in [0.2, 0.25) is 0 Å². The number of benzene rings is 2. The maximum Gasteiger partial charge on any atom is 0.263 e. The molecule has 2 aromatic rings. The average molecular weight is 290 g/mol. The lowest BCUT2D eigenvalue weighted by Gasteiger charge is -2.17. The summed E-state index contributed by atoms with van der Waals surface area (Å²) in [7, 11) is 4.02. The molecule has 0 fully saturated rings. The van der Waals surface area contributed by atoms with Crippen molar-refractivity contribution >= 4 is 11.4 Å². The highest BCUT2D eigenvalue weighted by molar-refractivity contribution is 5.61. The van der Waals surface area contributed by atoms with E-state index in [0.29, 0.717) is 6.54 Å². The second-order valence-corrected chi connectivity index (χ2v) is 5.29. The van der Waals surface area contributed by atoms with E-state index in [0.717, 1.165) is 16.9 Å². The highest BCUT2D eigenvalue weighted by atomic mass is 19.3. The molecule has 0 bridgehead atoms. The molecular weight excluding hydrogens is 270 g/mol. The normalized spacial score (nSPS) is 10.8. The summed E-state index contributed by atoms with van der Waals surface area (Å²) in [4.78, 5) is 2.07. The molecule has 21 heavy (non-hydrogen) atoms. The van der Waals surface area contributed by atoms with E-state index in [4.69, 9.17) is 0 Å². The molecule has 0 heterocycles. The third kappa shape index (κ3) is 3.94. The van der Waals surface area contributed by atoms with Crippen LogP contribution >= 0.6 is 0 Å². The fourth-order valence-corrected chi connectivity index (χ4v) is 2.19. The van der Waals surface area contributed by atoms with Crippen molar-refractivity contribution in [2.45, 2.75) is 19.9 Å². The predicted molar refractivity (Wildman–Crippen MR) is 84.2 cm³/mol. The molecule has 0 spiro atoms. The summed E-state index contributed by atoms with van der Waals surface area (Å²) in [5, 5.41) is 3.32. The molecule has 1 N–H and O–H groups in total. The molecule has 0 atom stereocenters. The summed E-state index contributed by atoms with van der Waals surface area (Å²) >= 11 is 0. The molecule has 0 saturated carbocycles. The number of hydrogen-bond donors (Lipinski definition) is 1. The highest BCUT2D eigenvalue weighted by Crippen LogP contribution is 2.23. The van der Waals surface area contributed by atoms with Crippen LogP contribution in [-0.2, 0) is 6.54 Å². The van der Waals surface area contributed by atoms with Crippen LogP contribution in [-0.4, -0.2) is 14.1 Å². The van der Waals surface area contributed by atoms with E-state index in [1.165, 1.54) is 17.7 Å². The van der Waals surface area contributed by atoms with Gasteiger partial charge in [-0.15, -0.1) is 0 Å². The molecule has 2 nitrogen and oxygen atoms in total. The van der Waals surface area contributed by atoms with Gasteiger partial charge in [-0.2, -0.15) is 0 Å². The maximum atomic E-state index is 12.5. The summed E-state index contributed by atoms with van der Waals surface area (Å²) in [5.41, 5.74) is 4.43. The van der Waals surface area contributed by atoms with Crippen molar-refractivity contribution in [1.82, 2.24) is 0 Å². The zero-order valence-corrected chi connectivity index (χ0v) is 12.5. The summed E-state index contributed by atoms with van der Waals surface area (Å²) in [5.74, 6) is 0. The van der Waals surface area contributed by atoms with E-state index >= 15 is 0 Å². The average Bonchev–Trinajstić information content (AvgIpc) is 2.46. The van der Waals surface area contributed by atoms with E-state index in [1.54, 1.807) is 12.1 Å². The van der Waals surface area contributed by atoms with Crippen LogP contribution in [0.3, 0.4) is 0 Å². The van der Waals surface area contributed by atoms with E-state index < -0.39 is 6.43 Å². The van der Waals surface area contributed by atoms with Gasteiger partial charge >= 0.3 is 0 Å². The Morgan fingerprint density at radius 1 is 1.05 bits per heavy atom. The summed E-state index contributed by atoms with van der Waals surface area (Å²) in [6.07, 6.45) is -2.41. The molecule has 4 heteroatoms. The van der Waals surface area contributed by atoms with Crippen molar-refractivity contribution < 1.29 is 8.78 Å². The van der Waals surface area contributed by atoms with Gasteiger partial charge in [0.25, 0.3) is 6.43 Å². The minimum Gasteiger partial charge on any atom is -0.381 e. The molecule has 0 amide bonds. The second-order valence-electron chi connectivity index (χ2n) is 5.29. The summed E-state index contributed by atoms with van der Waals surface area (Å²) in [6, 6.07) is 12.6. The number of aryl methyl sites for hydroxylation is 1. The first kappa shape index (κ1) is 15.3. The van der Waals surface area contributed by atoms with Crippen molar-refractivity contribution in [3.63, 3.8) is 0 Å². The number of halogens is 2. The Morgan fingerprint density at radius 2 is 1.71 bits per heavy atom. The Labute approximate surface area is 124 Å². The molecule has 2 rings (SSSR count). The molecule has 112 valence electrons. The van der Waals surface area contributed by atoms with Gasteiger partial charge in [0.15, 0.2) is 0 Å². The molecule has 0 aliphatic heterocycles. The van der Waals surface area contributed by atoms with Gasteiger partial charge in [0.05, 0.1) is 0 Å². The lowest BCUT2D eigenvalue weighted by Crippen LogP contribution is -2.11. The lowest BCUT2D eigenvalue weighted by atomic mass is 10.1. The second kappa shape index (κ2) is 6.57. The molecule has 0 saturated heterocycles. The predicted octanol–water partition coefficient (Wildman–Crippen LogP) is 4.61. The molecule has 0 radical (unpaired) electrons. The van der Waals surface area contributed by atoms with Crippen LogP contribution < -0.4 is 10.2 Å². The van der Waals surface area contributed by atoms with Gasteiger partial charge in [-0.25, -0.2) is 8.78 Å². The van der Waals surface area contributed by atoms with Crippen LogP contribution in [0.15, 0.2) is 42.5 Å². The number of anilines is 2. The van der Waals surface area contributed by atoms with Crippen LogP contribution in [0, 0.1) is 6.92 Å². The Bertz CT molecular complexity index is 592. The molecule has 0 aliphatic carbocycles. The first-order valence-corrected chi connectivity index (χ1v) is 6.86. The monoisotopic (exact) mass is 290 g/mol. The Hall–Kier alpha value is -2.10. The van der Waals surface area contributed by atoms with Crippen molar-refractivity contribution in [1.29, 1.82) is 0 Å². The molecule has 0 aromatic heterocycles. The van der Waals surface area contributed by atoms with E-state index in [2.05, 4.69) is 29.3 Å². The number of alkyl halides is 2. The number of nitrogens with zero attached hydrogens (tertiary/aromatic N) is 1. The maximum absolute atomic E-state index is 12.5. The van der Waals surface area contributed by atoms with E-state index in [-0.39, 0.29) is 5.56 Å². The largest absolute Gasteiger partial charge is 0.381 e. The van der Waals surface area contributed by atoms with Crippen LogP contribution in [0.5, 0.6) is 0 Å². The SMILES string of the molecule is Cc1ccc(NCc2ccc(C(F)F)cc2)cc1N(C)C. The van der Waals surface area contributed by atoms with Crippen molar-refractivity contribution in [3.8, 4) is 0 Å². The van der Waals surface area contributed by atoms with Crippen LogP contribution in [0.4, 0.5) is 20.2 Å². The van der Waals surface area contributed by atoms with Gasteiger partial charge in [-0.05, 0) is 30.2 Å². The molecular formula is C17H20F2N2. The molecule has 2 aromatic carbocycles. The van der Waals surface area contributed by atoms with Gasteiger partial charge in [0.1, 0.15) is 0 Å². The number of rotatable bonds is 5. The molecule has 0 aliphatic rings. The third-order valence-corrected chi connectivity index (χ3v) is 3.42. The zero-order valence-electron chi connectivity index (χ0n) is 12.5. The number of nitrogens with one attached hydrogen (secondary N) is 1. The van der Waals surface area contributed by atoms with Gasteiger partial charge in [0, 0.05) is 37.6 Å². The van der Waals surface area contributed by atoms with Crippen molar-refractivity contribution in [2.24, 2.45) is 0 Å². The fraction of sp³-hybridized carbons (Fsp3) is 0.294. The third-order valence-electron chi connectivity index (χ3n) is 3.42. The number of hydrogen-bond acceptors (Lipinski definition) is 2. The fourth-order valence-electron chi connectivity index (χ4n) is 2.19. The van der Waals surface area contributed by atoms with E-state index in [9.17, 15) is 8.78 Å². The first-order chi connectivity index (χ1) is 9.97. The zero-order chi connectivity index (χ0) is 15.4. The van der Waals surface area contributed by atoms with Gasteiger partial charge in [-0.1, -0.05) is 30.3 Å². The smallest absolute Gasteiger partial charge is 0.263 e. The standard InChI is InChI=1S/C17H20F2N2/c1-12-4-9-15(10-16(12)21(2)3)20-11-13-5-7-14(8-6-13)17(18)19/h4-10,17,20H,11H2,1-3H3. The Balaban J connectivity index is 2.04. The summed E-state index contributed by atoms with van der Waals surface area (Å²) < 4.78 is 25.0. The van der Waals surface area contributed by atoms with Gasteiger partial charge in [-0.3, -0.25) is 0 Å². The minimum atomic E-state index is -2.41. The highest BCUT2D eigenvalue weighted by Gasteiger charge is 2.06. The first-order valence-electron chi connectivity index (χ1n) is 6.86. The Kier molecular flexibility index (Phi) is 4.78. The minimum absolute atomic E-state index is 0.0592. The topological polar surface area (TPSA) is 15.3 Å².